The maximum Gasteiger partial charge on any atom is 0.419 e. The minimum atomic E-state index is -4.75. The lowest BCUT2D eigenvalue weighted by Gasteiger charge is -2.36. The molecule has 1 unspecified atom stereocenters. The quantitative estimate of drug-likeness (QED) is 0.831. The first-order chi connectivity index (χ1) is 9.81. The van der Waals surface area contributed by atoms with Crippen LogP contribution >= 0.6 is 0 Å². The maximum atomic E-state index is 13.2. The minimum absolute atomic E-state index is 0.101. The molecule has 6 heteroatoms. The standard InChI is InChI=1S/C15H18F4O2/c1-2-21-11-5-9(6-11)7-14(20)10-3-4-13(16)12(8-10)15(17,18)19/h3-4,8-9,11,14,20H,2,5-7H2,1H3. The fraction of sp³-hybridized carbons (Fsp3) is 0.600. The van der Waals surface area contributed by atoms with Gasteiger partial charge in [-0.15, -0.1) is 0 Å². The highest BCUT2D eigenvalue weighted by Gasteiger charge is 2.35. The third kappa shape index (κ3) is 3.95. The Kier molecular flexibility index (Phi) is 4.88. The average Bonchev–Trinajstić information content (AvgIpc) is 2.35. The van der Waals surface area contributed by atoms with Crippen molar-refractivity contribution >= 4 is 0 Å². The summed E-state index contributed by atoms with van der Waals surface area (Å²) in [5.74, 6) is -1.09. The van der Waals surface area contributed by atoms with Crippen molar-refractivity contribution in [3.05, 3.63) is 35.1 Å². The molecule has 1 aliphatic carbocycles. The predicted molar refractivity (Wildman–Crippen MR) is 69.1 cm³/mol. The molecule has 0 saturated heterocycles. The summed E-state index contributed by atoms with van der Waals surface area (Å²) in [7, 11) is 0. The molecule has 0 amide bonds. The highest BCUT2D eigenvalue weighted by molar-refractivity contribution is 5.28. The van der Waals surface area contributed by atoms with E-state index in [2.05, 4.69) is 0 Å². The third-order valence-electron chi connectivity index (χ3n) is 3.83. The molecule has 21 heavy (non-hydrogen) atoms. The molecular weight excluding hydrogens is 288 g/mol. The second kappa shape index (κ2) is 6.32. The van der Waals surface area contributed by atoms with Gasteiger partial charge in [0.15, 0.2) is 0 Å². The Hall–Kier alpha value is -1.14. The zero-order valence-corrected chi connectivity index (χ0v) is 11.7. The van der Waals surface area contributed by atoms with Crippen molar-refractivity contribution in [2.45, 2.75) is 44.6 Å². The molecule has 1 atom stereocenters. The number of halogens is 4. The van der Waals surface area contributed by atoms with Crippen LogP contribution in [0.5, 0.6) is 0 Å². The molecular formula is C15H18F4O2. The summed E-state index contributed by atoms with van der Waals surface area (Å²) >= 11 is 0. The first-order valence-electron chi connectivity index (χ1n) is 6.97. The first kappa shape index (κ1) is 16.2. The van der Waals surface area contributed by atoms with Crippen molar-refractivity contribution in [1.82, 2.24) is 0 Å². The molecule has 2 nitrogen and oxygen atoms in total. The lowest BCUT2D eigenvalue weighted by atomic mass is 9.78. The molecule has 1 aromatic carbocycles. The molecule has 118 valence electrons. The number of ether oxygens (including phenoxy) is 1. The summed E-state index contributed by atoms with van der Waals surface area (Å²) in [6, 6.07) is 2.65. The van der Waals surface area contributed by atoms with E-state index in [4.69, 9.17) is 4.74 Å². The van der Waals surface area contributed by atoms with Crippen molar-refractivity contribution in [2.75, 3.05) is 6.61 Å². The van der Waals surface area contributed by atoms with Gasteiger partial charge in [-0.05, 0) is 49.8 Å². The SMILES string of the molecule is CCOC1CC(CC(O)c2ccc(F)c(C(F)(F)F)c2)C1. The second-order valence-electron chi connectivity index (χ2n) is 5.40. The Bertz CT molecular complexity index is 481. The van der Waals surface area contributed by atoms with Crippen LogP contribution in [0.4, 0.5) is 17.6 Å². The first-order valence-corrected chi connectivity index (χ1v) is 6.97. The summed E-state index contributed by atoms with van der Waals surface area (Å²) < 4.78 is 56.5. The number of alkyl halides is 3. The zero-order valence-electron chi connectivity index (χ0n) is 11.7. The minimum Gasteiger partial charge on any atom is -0.388 e. The topological polar surface area (TPSA) is 29.5 Å². The van der Waals surface area contributed by atoms with Crippen molar-refractivity contribution in [3.8, 4) is 0 Å². The van der Waals surface area contributed by atoms with Gasteiger partial charge in [-0.2, -0.15) is 13.2 Å². The van der Waals surface area contributed by atoms with Crippen LogP contribution in [0.1, 0.15) is 43.4 Å². The van der Waals surface area contributed by atoms with E-state index in [1.165, 1.54) is 6.07 Å². The van der Waals surface area contributed by atoms with E-state index >= 15 is 0 Å². The van der Waals surface area contributed by atoms with E-state index < -0.39 is 23.7 Å². The third-order valence-corrected chi connectivity index (χ3v) is 3.83. The fourth-order valence-corrected chi connectivity index (χ4v) is 2.66. The number of aliphatic hydroxyl groups excluding tert-OH is 1. The smallest absolute Gasteiger partial charge is 0.388 e. The normalized spacial score (nSPS) is 23.7. The Balaban J connectivity index is 1.99. The van der Waals surface area contributed by atoms with Crippen molar-refractivity contribution in [2.24, 2.45) is 5.92 Å². The Morgan fingerprint density at radius 2 is 2.00 bits per heavy atom. The van der Waals surface area contributed by atoms with Gasteiger partial charge in [0.25, 0.3) is 0 Å². The molecule has 1 aromatic rings. The summed E-state index contributed by atoms with van der Waals surface area (Å²) in [4.78, 5) is 0. The van der Waals surface area contributed by atoms with Gasteiger partial charge in [0.1, 0.15) is 5.82 Å². The Morgan fingerprint density at radius 1 is 1.33 bits per heavy atom. The number of benzene rings is 1. The summed E-state index contributed by atoms with van der Waals surface area (Å²) in [6.07, 6.45) is -3.61. The van der Waals surface area contributed by atoms with Crippen LogP contribution < -0.4 is 0 Å². The molecule has 1 aliphatic rings. The highest BCUT2D eigenvalue weighted by atomic mass is 19.4. The van der Waals surface area contributed by atoms with E-state index in [1.54, 1.807) is 0 Å². The van der Waals surface area contributed by atoms with Gasteiger partial charge in [-0.3, -0.25) is 0 Å². The monoisotopic (exact) mass is 306 g/mol. The van der Waals surface area contributed by atoms with Crippen LogP contribution in [-0.2, 0) is 10.9 Å². The lowest BCUT2D eigenvalue weighted by molar-refractivity contribution is -0.140. The molecule has 1 fully saturated rings. The molecule has 0 bridgehead atoms. The molecule has 0 aromatic heterocycles. The van der Waals surface area contributed by atoms with Crippen molar-refractivity contribution in [1.29, 1.82) is 0 Å². The maximum absolute atomic E-state index is 13.2. The van der Waals surface area contributed by atoms with Gasteiger partial charge in [0.05, 0.1) is 17.8 Å². The summed E-state index contributed by atoms with van der Waals surface area (Å²) in [5, 5.41) is 10.0. The van der Waals surface area contributed by atoms with Gasteiger partial charge >= 0.3 is 6.18 Å². The van der Waals surface area contributed by atoms with Gasteiger partial charge in [0, 0.05) is 6.61 Å². The molecule has 2 rings (SSSR count). The highest BCUT2D eigenvalue weighted by Crippen LogP contribution is 2.38. The van der Waals surface area contributed by atoms with Gasteiger partial charge in [0.2, 0.25) is 0 Å². The number of aliphatic hydroxyl groups is 1. The van der Waals surface area contributed by atoms with Gasteiger partial charge in [-0.25, -0.2) is 4.39 Å². The lowest BCUT2D eigenvalue weighted by Crippen LogP contribution is -2.32. The summed E-state index contributed by atoms with van der Waals surface area (Å²) in [6.45, 7) is 2.53. The van der Waals surface area contributed by atoms with Crippen LogP contribution in [-0.4, -0.2) is 17.8 Å². The van der Waals surface area contributed by atoms with Crippen LogP contribution in [0.2, 0.25) is 0 Å². The fourth-order valence-electron chi connectivity index (χ4n) is 2.66. The Labute approximate surface area is 120 Å². The molecule has 0 aliphatic heterocycles. The average molecular weight is 306 g/mol. The van der Waals surface area contributed by atoms with Gasteiger partial charge in [-0.1, -0.05) is 6.07 Å². The molecule has 0 heterocycles. The largest absolute Gasteiger partial charge is 0.419 e. The zero-order chi connectivity index (χ0) is 15.6. The van der Waals surface area contributed by atoms with Crippen LogP contribution in [0.15, 0.2) is 18.2 Å². The number of rotatable bonds is 5. The number of hydrogen-bond donors (Lipinski definition) is 1. The molecule has 1 saturated carbocycles. The molecule has 0 radical (unpaired) electrons. The predicted octanol–water partition coefficient (Wildman–Crippen LogP) is 4.08. The van der Waals surface area contributed by atoms with Crippen LogP contribution in [0, 0.1) is 11.7 Å². The van der Waals surface area contributed by atoms with Crippen LogP contribution in [0.3, 0.4) is 0 Å². The van der Waals surface area contributed by atoms with E-state index in [1.807, 2.05) is 6.92 Å². The van der Waals surface area contributed by atoms with Crippen LogP contribution in [0.25, 0.3) is 0 Å². The van der Waals surface area contributed by atoms with Crippen molar-refractivity contribution < 1.29 is 27.4 Å². The molecule has 1 N–H and O–H groups in total. The Morgan fingerprint density at radius 3 is 2.57 bits per heavy atom. The molecule has 0 spiro atoms. The second-order valence-corrected chi connectivity index (χ2v) is 5.40. The van der Waals surface area contributed by atoms with E-state index in [0.29, 0.717) is 19.1 Å². The van der Waals surface area contributed by atoms with E-state index in [-0.39, 0.29) is 17.6 Å². The van der Waals surface area contributed by atoms with E-state index in [9.17, 15) is 22.7 Å². The van der Waals surface area contributed by atoms with E-state index in [0.717, 1.165) is 18.9 Å². The van der Waals surface area contributed by atoms with Crippen molar-refractivity contribution in [3.63, 3.8) is 0 Å². The number of hydrogen-bond acceptors (Lipinski definition) is 2. The van der Waals surface area contributed by atoms with Gasteiger partial charge < -0.3 is 9.84 Å². The summed E-state index contributed by atoms with van der Waals surface area (Å²) in [5.41, 5.74) is -1.23.